The van der Waals surface area contributed by atoms with E-state index in [2.05, 4.69) is 70.9 Å². The number of rotatable bonds is 6. The topological polar surface area (TPSA) is 41.2 Å². The molecule has 0 saturated carbocycles. The number of benzene rings is 2. The van der Waals surface area contributed by atoms with Crippen molar-refractivity contribution < 1.29 is 14.6 Å². The maximum atomic E-state index is 12.5. The molecule has 148 valence electrons. The lowest BCUT2D eigenvalue weighted by Gasteiger charge is -2.33. The van der Waals surface area contributed by atoms with Crippen LogP contribution in [0.2, 0.25) is 0 Å². The zero-order valence-corrected chi connectivity index (χ0v) is 16.6. The fraction of sp³-hybridized carbons (Fsp3) is 0.435. The Morgan fingerprint density at radius 1 is 0.929 bits per heavy atom. The summed E-state index contributed by atoms with van der Waals surface area (Å²) < 4.78 is 0. The van der Waals surface area contributed by atoms with Crippen LogP contribution in [0.25, 0.3) is 0 Å². The van der Waals surface area contributed by atoms with Crippen molar-refractivity contribution in [1.29, 1.82) is 0 Å². The molecule has 2 aromatic carbocycles. The molecular formula is C23H32N4O+2. The number of hydrogen-bond acceptors (Lipinski definition) is 2. The number of nitrogens with zero attached hydrogens (tertiary/aromatic N) is 1. The first-order chi connectivity index (χ1) is 13.8. The van der Waals surface area contributed by atoms with Crippen LogP contribution in [0.5, 0.6) is 0 Å². The van der Waals surface area contributed by atoms with E-state index in [1.54, 1.807) is 4.90 Å². The Hall–Kier alpha value is -2.37. The summed E-state index contributed by atoms with van der Waals surface area (Å²) in [5, 5.41) is 3.29. The number of nitrogens with one attached hydrogen (secondary N) is 3. The van der Waals surface area contributed by atoms with E-state index in [4.69, 9.17) is 0 Å². The highest BCUT2D eigenvalue weighted by molar-refractivity contribution is 5.77. The molecule has 2 aliphatic heterocycles. The highest BCUT2D eigenvalue weighted by atomic mass is 16.2. The zero-order chi connectivity index (χ0) is 19.2. The van der Waals surface area contributed by atoms with E-state index in [1.165, 1.54) is 16.2 Å². The number of quaternary nitrogens is 2. The molecule has 2 fully saturated rings. The van der Waals surface area contributed by atoms with Crippen LogP contribution >= 0.6 is 0 Å². The third-order valence-corrected chi connectivity index (χ3v) is 6.05. The van der Waals surface area contributed by atoms with E-state index in [1.807, 2.05) is 0 Å². The molecule has 5 heteroatoms. The smallest absolute Gasteiger partial charge is 0.275 e. The van der Waals surface area contributed by atoms with Crippen molar-refractivity contribution >= 4 is 11.6 Å². The normalized spacial score (nSPS) is 22.9. The van der Waals surface area contributed by atoms with E-state index >= 15 is 0 Å². The Bertz CT molecular complexity index is 738. The van der Waals surface area contributed by atoms with E-state index in [9.17, 15) is 4.79 Å². The van der Waals surface area contributed by atoms with Crippen LogP contribution < -0.4 is 20.0 Å². The second kappa shape index (κ2) is 9.22. The van der Waals surface area contributed by atoms with Gasteiger partial charge in [-0.2, -0.15) is 0 Å². The van der Waals surface area contributed by atoms with Gasteiger partial charge in [0.05, 0.1) is 45.3 Å². The largest absolute Gasteiger partial charge is 0.360 e. The molecule has 28 heavy (non-hydrogen) atoms. The fourth-order valence-corrected chi connectivity index (χ4v) is 4.50. The molecule has 2 heterocycles. The molecule has 0 aromatic heterocycles. The molecule has 4 rings (SSSR count). The molecule has 0 aliphatic carbocycles. The lowest BCUT2D eigenvalue weighted by Crippen LogP contribution is -3.16. The SMILES string of the molecule is O=C(C[NH+]1CCN(c2ccccc2)CC1)N[C@H]1CC[NH+](Cc2ccccc2)C1. The lowest BCUT2D eigenvalue weighted by molar-refractivity contribution is -0.901. The molecule has 2 aliphatic rings. The van der Waals surface area contributed by atoms with Crippen molar-refractivity contribution in [3.05, 3.63) is 66.2 Å². The Morgan fingerprint density at radius 2 is 1.61 bits per heavy atom. The van der Waals surface area contributed by atoms with Crippen molar-refractivity contribution in [3.63, 3.8) is 0 Å². The Balaban J connectivity index is 1.17. The maximum absolute atomic E-state index is 12.5. The standard InChI is InChI=1S/C23H30N4O/c28-23(19-25-13-15-27(16-14-25)22-9-5-2-6-10-22)24-21-11-12-26(18-21)17-20-7-3-1-4-8-20/h1-10,21H,11-19H2,(H,24,28)/p+2/t21-/m0/s1. The number of amides is 1. The molecular weight excluding hydrogens is 348 g/mol. The molecule has 2 atom stereocenters. The number of anilines is 1. The molecule has 5 nitrogen and oxygen atoms in total. The summed E-state index contributed by atoms with van der Waals surface area (Å²) in [7, 11) is 0. The van der Waals surface area contributed by atoms with E-state index < -0.39 is 0 Å². The Kier molecular flexibility index (Phi) is 6.24. The molecule has 2 aromatic rings. The van der Waals surface area contributed by atoms with Gasteiger partial charge in [0.2, 0.25) is 0 Å². The molecule has 2 saturated heterocycles. The summed E-state index contributed by atoms with van der Waals surface area (Å²) in [5.41, 5.74) is 2.67. The van der Waals surface area contributed by atoms with Crippen LogP contribution in [0.1, 0.15) is 12.0 Å². The summed E-state index contributed by atoms with van der Waals surface area (Å²) in [6, 6.07) is 21.6. The van der Waals surface area contributed by atoms with Gasteiger partial charge in [-0.05, 0) is 12.1 Å². The summed E-state index contributed by atoms with van der Waals surface area (Å²) in [6.45, 7) is 7.93. The first-order valence-corrected chi connectivity index (χ1v) is 10.6. The molecule has 0 radical (unpaired) electrons. The van der Waals surface area contributed by atoms with E-state index in [0.29, 0.717) is 12.6 Å². The maximum Gasteiger partial charge on any atom is 0.275 e. The lowest BCUT2D eigenvalue weighted by atomic mass is 10.2. The van der Waals surface area contributed by atoms with Gasteiger partial charge >= 0.3 is 0 Å². The monoisotopic (exact) mass is 380 g/mol. The van der Waals surface area contributed by atoms with Gasteiger partial charge in [0.15, 0.2) is 6.54 Å². The van der Waals surface area contributed by atoms with Gasteiger partial charge in [0.1, 0.15) is 6.54 Å². The summed E-state index contributed by atoms with van der Waals surface area (Å²) in [6.07, 6.45) is 1.09. The molecule has 1 unspecified atom stereocenters. The van der Waals surface area contributed by atoms with Crippen LogP contribution in [0.3, 0.4) is 0 Å². The molecule has 3 N–H and O–H groups in total. The predicted molar refractivity (Wildman–Crippen MR) is 112 cm³/mol. The van der Waals surface area contributed by atoms with Gasteiger partial charge in [0.25, 0.3) is 5.91 Å². The van der Waals surface area contributed by atoms with Crippen LogP contribution in [-0.2, 0) is 11.3 Å². The van der Waals surface area contributed by atoms with Gasteiger partial charge in [-0.3, -0.25) is 4.79 Å². The zero-order valence-electron chi connectivity index (χ0n) is 16.6. The van der Waals surface area contributed by atoms with Crippen LogP contribution in [0.4, 0.5) is 5.69 Å². The average Bonchev–Trinajstić information content (AvgIpc) is 3.16. The van der Waals surface area contributed by atoms with Crippen molar-refractivity contribution in [2.75, 3.05) is 50.7 Å². The van der Waals surface area contributed by atoms with Crippen LogP contribution in [0, 0.1) is 0 Å². The Morgan fingerprint density at radius 3 is 2.32 bits per heavy atom. The Labute approximate surface area is 167 Å². The van der Waals surface area contributed by atoms with Gasteiger partial charge in [0, 0.05) is 17.7 Å². The first kappa shape index (κ1) is 19.0. The quantitative estimate of drug-likeness (QED) is 0.624. The number of likely N-dealkylation sites (tertiary alicyclic amines) is 1. The highest BCUT2D eigenvalue weighted by Gasteiger charge is 2.29. The van der Waals surface area contributed by atoms with Crippen LogP contribution in [-0.4, -0.2) is 57.8 Å². The number of hydrogen-bond donors (Lipinski definition) is 3. The van der Waals surface area contributed by atoms with Crippen molar-refractivity contribution in [1.82, 2.24) is 5.32 Å². The predicted octanol–water partition coefficient (Wildman–Crippen LogP) is -0.635. The molecule has 0 spiro atoms. The van der Waals surface area contributed by atoms with Gasteiger partial charge < -0.3 is 20.0 Å². The van der Waals surface area contributed by atoms with Crippen molar-refractivity contribution in [3.8, 4) is 0 Å². The molecule has 1 amide bonds. The van der Waals surface area contributed by atoms with Gasteiger partial charge in [-0.15, -0.1) is 0 Å². The van der Waals surface area contributed by atoms with Crippen molar-refractivity contribution in [2.45, 2.75) is 19.0 Å². The number of carbonyl (C=O) groups is 1. The number of carbonyl (C=O) groups excluding carboxylic acids is 1. The minimum absolute atomic E-state index is 0.217. The number of piperazine rings is 1. The summed E-state index contributed by atoms with van der Waals surface area (Å²) in [4.78, 5) is 17.9. The third-order valence-electron chi connectivity index (χ3n) is 6.05. The average molecular weight is 381 g/mol. The van der Waals surface area contributed by atoms with Gasteiger partial charge in [-0.25, -0.2) is 0 Å². The van der Waals surface area contributed by atoms with Gasteiger partial charge in [-0.1, -0.05) is 48.5 Å². The number of para-hydroxylation sites is 1. The van der Waals surface area contributed by atoms with E-state index in [-0.39, 0.29) is 5.91 Å². The van der Waals surface area contributed by atoms with E-state index in [0.717, 1.165) is 52.2 Å². The minimum atomic E-state index is 0.217. The summed E-state index contributed by atoms with van der Waals surface area (Å²) >= 11 is 0. The molecule has 0 bridgehead atoms. The van der Waals surface area contributed by atoms with Crippen molar-refractivity contribution in [2.24, 2.45) is 0 Å². The fourth-order valence-electron chi connectivity index (χ4n) is 4.50. The first-order valence-electron chi connectivity index (χ1n) is 10.6. The third kappa shape index (κ3) is 5.12. The summed E-state index contributed by atoms with van der Waals surface area (Å²) in [5.74, 6) is 0.217. The highest BCUT2D eigenvalue weighted by Crippen LogP contribution is 2.12. The second-order valence-electron chi connectivity index (χ2n) is 8.17. The van der Waals surface area contributed by atoms with Crippen LogP contribution in [0.15, 0.2) is 60.7 Å². The minimum Gasteiger partial charge on any atom is -0.360 e. The second-order valence-corrected chi connectivity index (χ2v) is 8.17.